The molecule has 0 bridgehead atoms. The van der Waals surface area contributed by atoms with Gasteiger partial charge in [0.1, 0.15) is 0 Å². The molecule has 1 aliphatic carbocycles. The van der Waals surface area contributed by atoms with E-state index in [0.717, 1.165) is 19.3 Å². The Morgan fingerprint density at radius 2 is 1.81 bits per heavy atom. The zero-order valence-electron chi connectivity index (χ0n) is 9.64. The van der Waals surface area contributed by atoms with Crippen molar-refractivity contribution in [3.63, 3.8) is 0 Å². The van der Waals surface area contributed by atoms with Crippen LogP contribution >= 0.6 is 0 Å². The SMILES string of the molecule is C=CCOC(OCC=C)C1CCC2OC2C1. The number of epoxide rings is 1. The van der Waals surface area contributed by atoms with E-state index in [1.807, 2.05) is 0 Å². The minimum Gasteiger partial charge on any atom is -0.370 e. The van der Waals surface area contributed by atoms with Crippen molar-refractivity contribution in [3.05, 3.63) is 25.3 Å². The van der Waals surface area contributed by atoms with Gasteiger partial charge < -0.3 is 14.2 Å². The second kappa shape index (κ2) is 5.62. The molecular formula is C13H20O3. The monoisotopic (exact) mass is 224 g/mol. The summed E-state index contributed by atoms with van der Waals surface area (Å²) in [6, 6.07) is 0. The third-order valence-electron chi connectivity index (χ3n) is 3.19. The Hall–Kier alpha value is -0.640. The maximum atomic E-state index is 5.66. The molecule has 1 heterocycles. The van der Waals surface area contributed by atoms with Crippen molar-refractivity contribution in [1.29, 1.82) is 0 Å². The highest BCUT2D eigenvalue weighted by molar-refractivity contribution is 4.93. The Bertz CT molecular complexity index is 240. The van der Waals surface area contributed by atoms with Crippen LogP contribution < -0.4 is 0 Å². The van der Waals surface area contributed by atoms with Crippen molar-refractivity contribution < 1.29 is 14.2 Å². The molecular weight excluding hydrogens is 204 g/mol. The van der Waals surface area contributed by atoms with E-state index in [9.17, 15) is 0 Å². The number of hydrogen-bond donors (Lipinski definition) is 0. The maximum Gasteiger partial charge on any atom is 0.161 e. The molecule has 3 atom stereocenters. The molecule has 0 N–H and O–H groups in total. The summed E-state index contributed by atoms with van der Waals surface area (Å²) in [7, 11) is 0. The van der Waals surface area contributed by atoms with E-state index in [4.69, 9.17) is 14.2 Å². The molecule has 2 fully saturated rings. The van der Waals surface area contributed by atoms with Crippen molar-refractivity contribution in [2.24, 2.45) is 5.92 Å². The number of ether oxygens (including phenoxy) is 3. The first-order valence-corrected chi connectivity index (χ1v) is 5.95. The number of fused-ring (bicyclic) bond motifs is 1. The molecule has 1 saturated heterocycles. The molecule has 0 radical (unpaired) electrons. The van der Waals surface area contributed by atoms with Gasteiger partial charge in [0.2, 0.25) is 0 Å². The molecule has 3 heteroatoms. The predicted molar refractivity (Wildman–Crippen MR) is 62.1 cm³/mol. The molecule has 0 amide bonds. The molecule has 0 aromatic rings. The van der Waals surface area contributed by atoms with Crippen LogP contribution in [0.25, 0.3) is 0 Å². The fourth-order valence-electron chi connectivity index (χ4n) is 2.33. The van der Waals surface area contributed by atoms with E-state index >= 15 is 0 Å². The molecule has 0 aromatic heterocycles. The van der Waals surface area contributed by atoms with E-state index < -0.39 is 0 Å². The van der Waals surface area contributed by atoms with E-state index in [0.29, 0.717) is 31.3 Å². The van der Waals surface area contributed by atoms with Crippen molar-refractivity contribution in [2.45, 2.75) is 37.8 Å². The summed E-state index contributed by atoms with van der Waals surface area (Å²) in [6.45, 7) is 8.38. The molecule has 16 heavy (non-hydrogen) atoms. The predicted octanol–water partition coefficient (Wildman–Crippen LogP) is 2.29. The first-order chi connectivity index (χ1) is 7.85. The van der Waals surface area contributed by atoms with Gasteiger partial charge in [-0.15, -0.1) is 13.2 Å². The van der Waals surface area contributed by atoms with E-state index in [2.05, 4.69) is 13.2 Å². The molecule has 0 spiro atoms. The summed E-state index contributed by atoms with van der Waals surface area (Å²) in [4.78, 5) is 0. The third kappa shape index (κ3) is 2.94. The van der Waals surface area contributed by atoms with Crippen LogP contribution in [-0.2, 0) is 14.2 Å². The normalized spacial score (nSPS) is 32.2. The van der Waals surface area contributed by atoms with E-state index in [1.165, 1.54) is 0 Å². The lowest BCUT2D eigenvalue weighted by molar-refractivity contribution is -0.163. The molecule has 2 rings (SSSR count). The van der Waals surface area contributed by atoms with Crippen LogP contribution in [0.5, 0.6) is 0 Å². The lowest BCUT2D eigenvalue weighted by Gasteiger charge is -2.28. The van der Waals surface area contributed by atoms with E-state index in [-0.39, 0.29) is 6.29 Å². The topological polar surface area (TPSA) is 31.0 Å². The Labute approximate surface area is 97.1 Å². The average molecular weight is 224 g/mol. The summed E-state index contributed by atoms with van der Waals surface area (Å²) in [5.74, 6) is 0.448. The zero-order valence-corrected chi connectivity index (χ0v) is 9.64. The van der Waals surface area contributed by atoms with Crippen LogP contribution in [0.4, 0.5) is 0 Å². The van der Waals surface area contributed by atoms with Crippen molar-refractivity contribution in [2.75, 3.05) is 13.2 Å². The van der Waals surface area contributed by atoms with Crippen LogP contribution in [0.2, 0.25) is 0 Å². The first kappa shape index (κ1) is 11.8. The molecule has 3 nitrogen and oxygen atoms in total. The summed E-state index contributed by atoms with van der Waals surface area (Å²) in [5, 5.41) is 0. The van der Waals surface area contributed by atoms with Gasteiger partial charge in [-0.3, -0.25) is 0 Å². The number of rotatable bonds is 7. The minimum atomic E-state index is -0.138. The summed E-state index contributed by atoms with van der Waals surface area (Å²) < 4.78 is 16.8. The summed E-state index contributed by atoms with van der Waals surface area (Å²) in [5.41, 5.74) is 0. The highest BCUT2D eigenvalue weighted by atomic mass is 16.7. The molecule has 2 aliphatic rings. The summed E-state index contributed by atoms with van der Waals surface area (Å²) in [6.07, 6.45) is 7.68. The van der Waals surface area contributed by atoms with Crippen LogP contribution in [-0.4, -0.2) is 31.7 Å². The largest absolute Gasteiger partial charge is 0.370 e. The Morgan fingerprint density at radius 3 is 2.38 bits per heavy atom. The Morgan fingerprint density at radius 1 is 1.12 bits per heavy atom. The van der Waals surface area contributed by atoms with Crippen molar-refractivity contribution in [1.82, 2.24) is 0 Å². The van der Waals surface area contributed by atoms with Gasteiger partial charge in [-0.05, 0) is 19.3 Å². The van der Waals surface area contributed by atoms with Gasteiger partial charge in [0.25, 0.3) is 0 Å². The standard InChI is InChI=1S/C13H20O3/c1-3-7-14-13(15-8-4-2)10-5-6-11-12(9-10)16-11/h3-4,10-13H,1-2,5-9H2. The smallest absolute Gasteiger partial charge is 0.161 e. The van der Waals surface area contributed by atoms with Crippen molar-refractivity contribution in [3.8, 4) is 0 Å². The second-order valence-corrected chi connectivity index (χ2v) is 4.40. The lowest BCUT2D eigenvalue weighted by Crippen LogP contribution is -2.31. The quantitative estimate of drug-likeness (QED) is 0.377. The van der Waals surface area contributed by atoms with Crippen LogP contribution in [0.1, 0.15) is 19.3 Å². The fraction of sp³-hybridized carbons (Fsp3) is 0.692. The van der Waals surface area contributed by atoms with Crippen LogP contribution in [0.15, 0.2) is 25.3 Å². The summed E-state index contributed by atoms with van der Waals surface area (Å²) >= 11 is 0. The van der Waals surface area contributed by atoms with Gasteiger partial charge in [0, 0.05) is 5.92 Å². The highest BCUT2D eigenvalue weighted by Crippen LogP contribution is 2.41. The molecule has 90 valence electrons. The van der Waals surface area contributed by atoms with Gasteiger partial charge >= 0.3 is 0 Å². The molecule has 1 aliphatic heterocycles. The van der Waals surface area contributed by atoms with Gasteiger partial charge in [0.15, 0.2) is 6.29 Å². The third-order valence-corrected chi connectivity index (χ3v) is 3.19. The van der Waals surface area contributed by atoms with Crippen LogP contribution in [0, 0.1) is 5.92 Å². The molecule has 0 aromatic carbocycles. The fourth-order valence-corrected chi connectivity index (χ4v) is 2.33. The van der Waals surface area contributed by atoms with Gasteiger partial charge in [-0.2, -0.15) is 0 Å². The van der Waals surface area contributed by atoms with Gasteiger partial charge in [0.05, 0.1) is 25.4 Å². The molecule has 1 saturated carbocycles. The second-order valence-electron chi connectivity index (χ2n) is 4.40. The van der Waals surface area contributed by atoms with Gasteiger partial charge in [-0.25, -0.2) is 0 Å². The Kier molecular flexibility index (Phi) is 4.16. The van der Waals surface area contributed by atoms with E-state index in [1.54, 1.807) is 12.2 Å². The Balaban J connectivity index is 1.82. The van der Waals surface area contributed by atoms with Crippen molar-refractivity contribution >= 4 is 0 Å². The maximum absolute atomic E-state index is 5.66. The van der Waals surface area contributed by atoms with Gasteiger partial charge in [-0.1, -0.05) is 12.2 Å². The lowest BCUT2D eigenvalue weighted by atomic mass is 9.89. The number of hydrogen-bond acceptors (Lipinski definition) is 3. The van der Waals surface area contributed by atoms with Crippen LogP contribution in [0.3, 0.4) is 0 Å². The first-order valence-electron chi connectivity index (χ1n) is 5.95. The zero-order chi connectivity index (χ0) is 11.4. The molecule has 3 unspecified atom stereocenters. The highest BCUT2D eigenvalue weighted by Gasteiger charge is 2.46. The average Bonchev–Trinajstić information content (AvgIpc) is 3.07. The minimum absolute atomic E-state index is 0.138.